The highest BCUT2D eigenvalue weighted by Gasteiger charge is 2.20. The number of nitrogens with one attached hydrogen (secondary N) is 1. The molecule has 0 aromatic heterocycles. The van der Waals surface area contributed by atoms with E-state index < -0.39 is 0 Å². The summed E-state index contributed by atoms with van der Waals surface area (Å²) in [6.07, 6.45) is 0.813. The molecule has 1 unspecified atom stereocenters. The Labute approximate surface area is 101 Å². The molecule has 0 amide bonds. The lowest BCUT2D eigenvalue weighted by molar-refractivity contribution is 0.112. The van der Waals surface area contributed by atoms with Crippen LogP contribution in [0.2, 0.25) is 0 Å². The third-order valence-electron chi connectivity index (χ3n) is 3.34. The van der Waals surface area contributed by atoms with Gasteiger partial charge in [-0.15, -0.1) is 0 Å². The quantitative estimate of drug-likeness (QED) is 0.771. The van der Waals surface area contributed by atoms with Gasteiger partial charge in [-0.25, -0.2) is 0 Å². The van der Waals surface area contributed by atoms with Crippen LogP contribution >= 0.6 is 0 Å². The number of benzene rings is 1. The molecule has 0 radical (unpaired) electrons. The van der Waals surface area contributed by atoms with Gasteiger partial charge in [0, 0.05) is 43.3 Å². The van der Waals surface area contributed by atoms with Crippen molar-refractivity contribution in [2.75, 3.05) is 26.2 Å². The molecule has 1 atom stereocenters. The molecule has 1 saturated heterocycles. The summed E-state index contributed by atoms with van der Waals surface area (Å²) in [5.41, 5.74) is 1.44. The summed E-state index contributed by atoms with van der Waals surface area (Å²) in [4.78, 5) is 13.1. The van der Waals surface area contributed by atoms with E-state index in [-0.39, 0.29) is 11.8 Å². The van der Waals surface area contributed by atoms with Crippen LogP contribution in [0.4, 0.5) is 0 Å². The van der Waals surface area contributed by atoms with E-state index in [4.69, 9.17) is 0 Å². The number of nitrogens with zero attached hydrogens (tertiary/aromatic N) is 1. The number of piperazine rings is 1. The fraction of sp³-hybridized carbons (Fsp3) is 0.462. The summed E-state index contributed by atoms with van der Waals surface area (Å²) in [5, 5.41) is 13.2. The van der Waals surface area contributed by atoms with Crippen molar-refractivity contribution >= 4 is 6.29 Å². The van der Waals surface area contributed by atoms with Gasteiger partial charge in [0.15, 0.2) is 0 Å². The molecule has 0 aliphatic carbocycles. The molecular formula is C13H18N2O2. The number of hydrogen-bond donors (Lipinski definition) is 2. The third-order valence-corrected chi connectivity index (χ3v) is 3.34. The van der Waals surface area contributed by atoms with Crippen LogP contribution in [0, 0.1) is 0 Å². The predicted molar refractivity (Wildman–Crippen MR) is 66.4 cm³/mol. The van der Waals surface area contributed by atoms with E-state index in [1.165, 1.54) is 0 Å². The molecule has 1 aliphatic heterocycles. The van der Waals surface area contributed by atoms with Crippen molar-refractivity contribution in [3.63, 3.8) is 0 Å². The van der Waals surface area contributed by atoms with Gasteiger partial charge in [-0.3, -0.25) is 9.69 Å². The molecule has 1 aromatic rings. The van der Waals surface area contributed by atoms with Gasteiger partial charge in [0.25, 0.3) is 0 Å². The van der Waals surface area contributed by atoms with Crippen LogP contribution in [0.1, 0.15) is 28.9 Å². The van der Waals surface area contributed by atoms with Crippen molar-refractivity contribution < 1.29 is 9.90 Å². The number of carbonyl (C=O) groups excluding carboxylic acids is 1. The monoisotopic (exact) mass is 234 g/mol. The minimum Gasteiger partial charge on any atom is -0.508 e. The van der Waals surface area contributed by atoms with Crippen LogP contribution in [0.5, 0.6) is 5.75 Å². The van der Waals surface area contributed by atoms with E-state index in [9.17, 15) is 9.90 Å². The lowest BCUT2D eigenvalue weighted by Gasteiger charge is -2.33. The van der Waals surface area contributed by atoms with E-state index in [0.717, 1.165) is 38.0 Å². The molecule has 0 spiro atoms. The molecule has 1 aromatic carbocycles. The van der Waals surface area contributed by atoms with E-state index in [1.54, 1.807) is 18.2 Å². The second-order valence-electron chi connectivity index (χ2n) is 4.40. The van der Waals surface area contributed by atoms with Gasteiger partial charge in [0.2, 0.25) is 0 Å². The lowest BCUT2D eigenvalue weighted by atomic mass is 10.0. The summed E-state index contributed by atoms with van der Waals surface area (Å²) in [7, 11) is 0. The van der Waals surface area contributed by atoms with Crippen LogP contribution in [-0.4, -0.2) is 42.5 Å². The van der Waals surface area contributed by atoms with Gasteiger partial charge < -0.3 is 10.4 Å². The number of phenolic OH excluding ortho intramolecular Hbond substituents is 1. The summed E-state index contributed by atoms with van der Waals surface area (Å²) >= 11 is 0. The minimum atomic E-state index is 0.136. The maximum atomic E-state index is 10.8. The molecule has 1 fully saturated rings. The Morgan fingerprint density at radius 2 is 2.12 bits per heavy atom. The first-order valence-electron chi connectivity index (χ1n) is 5.95. The first kappa shape index (κ1) is 12.1. The zero-order valence-electron chi connectivity index (χ0n) is 10.0. The summed E-state index contributed by atoms with van der Waals surface area (Å²) < 4.78 is 0. The summed E-state index contributed by atoms with van der Waals surface area (Å²) in [5.74, 6) is 0.265. The molecule has 17 heavy (non-hydrogen) atoms. The van der Waals surface area contributed by atoms with Crippen molar-refractivity contribution in [3.8, 4) is 5.75 Å². The van der Waals surface area contributed by atoms with Crippen molar-refractivity contribution in [1.82, 2.24) is 10.2 Å². The maximum Gasteiger partial charge on any atom is 0.150 e. The van der Waals surface area contributed by atoms with Crippen LogP contribution in [0.3, 0.4) is 0 Å². The molecule has 0 saturated carbocycles. The zero-order valence-corrected chi connectivity index (χ0v) is 10.0. The molecule has 2 N–H and O–H groups in total. The average molecular weight is 234 g/mol. The Bertz CT molecular complexity index is 400. The molecule has 4 heteroatoms. The number of carbonyl (C=O) groups is 1. The number of aromatic hydroxyl groups is 1. The highest BCUT2D eigenvalue weighted by Crippen LogP contribution is 2.29. The normalized spacial score (nSPS) is 18.9. The molecule has 92 valence electrons. The van der Waals surface area contributed by atoms with Crippen molar-refractivity contribution in [2.24, 2.45) is 0 Å². The number of phenols is 1. The smallest absolute Gasteiger partial charge is 0.150 e. The summed E-state index contributed by atoms with van der Waals surface area (Å²) in [6.45, 7) is 5.93. The van der Waals surface area contributed by atoms with Gasteiger partial charge in [0.05, 0.1) is 0 Å². The molecule has 1 heterocycles. The zero-order chi connectivity index (χ0) is 12.3. The Balaban J connectivity index is 2.22. The van der Waals surface area contributed by atoms with Gasteiger partial charge >= 0.3 is 0 Å². The van der Waals surface area contributed by atoms with Crippen LogP contribution in [0.25, 0.3) is 0 Å². The van der Waals surface area contributed by atoms with Gasteiger partial charge in [-0.2, -0.15) is 0 Å². The second kappa shape index (κ2) is 5.29. The Morgan fingerprint density at radius 3 is 2.76 bits per heavy atom. The van der Waals surface area contributed by atoms with Crippen molar-refractivity contribution in [1.29, 1.82) is 0 Å². The average Bonchev–Trinajstić information content (AvgIpc) is 2.39. The van der Waals surface area contributed by atoms with Gasteiger partial charge in [0.1, 0.15) is 12.0 Å². The van der Waals surface area contributed by atoms with Crippen molar-refractivity contribution in [3.05, 3.63) is 29.3 Å². The Kier molecular flexibility index (Phi) is 3.76. The van der Waals surface area contributed by atoms with Gasteiger partial charge in [-0.1, -0.05) is 0 Å². The van der Waals surface area contributed by atoms with E-state index in [1.807, 2.05) is 0 Å². The Hall–Kier alpha value is -1.39. The first-order chi connectivity index (χ1) is 8.22. The molecule has 4 nitrogen and oxygen atoms in total. The van der Waals surface area contributed by atoms with Crippen LogP contribution in [0.15, 0.2) is 18.2 Å². The standard InChI is InChI=1S/C13H18N2O2/c1-10(15-6-4-14-5-7-15)12-8-11(9-16)2-3-13(12)17/h2-3,8-10,14,17H,4-7H2,1H3. The Morgan fingerprint density at radius 1 is 1.41 bits per heavy atom. The minimum absolute atomic E-state index is 0.136. The molecule has 0 bridgehead atoms. The van der Waals surface area contributed by atoms with Crippen molar-refractivity contribution in [2.45, 2.75) is 13.0 Å². The lowest BCUT2D eigenvalue weighted by Crippen LogP contribution is -2.44. The molecule has 2 rings (SSSR count). The number of rotatable bonds is 3. The number of hydrogen-bond acceptors (Lipinski definition) is 4. The van der Waals surface area contributed by atoms with Crippen LogP contribution in [-0.2, 0) is 0 Å². The fourth-order valence-electron chi connectivity index (χ4n) is 2.25. The fourth-order valence-corrected chi connectivity index (χ4v) is 2.25. The third kappa shape index (κ3) is 2.65. The predicted octanol–water partition coefficient (Wildman–Crippen LogP) is 1.17. The topological polar surface area (TPSA) is 52.6 Å². The largest absolute Gasteiger partial charge is 0.508 e. The van der Waals surface area contributed by atoms with Gasteiger partial charge in [-0.05, 0) is 25.1 Å². The highest BCUT2D eigenvalue weighted by atomic mass is 16.3. The summed E-state index contributed by atoms with van der Waals surface area (Å²) in [6, 6.07) is 5.14. The molecule has 1 aliphatic rings. The maximum absolute atomic E-state index is 10.8. The highest BCUT2D eigenvalue weighted by molar-refractivity contribution is 5.75. The van der Waals surface area contributed by atoms with Crippen LogP contribution < -0.4 is 5.32 Å². The first-order valence-corrected chi connectivity index (χ1v) is 5.95. The second-order valence-corrected chi connectivity index (χ2v) is 4.40. The van der Waals surface area contributed by atoms with E-state index in [2.05, 4.69) is 17.1 Å². The molecular weight excluding hydrogens is 216 g/mol. The van der Waals surface area contributed by atoms with E-state index in [0.29, 0.717) is 5.56 Å². The SMILES string of the molecule is CC(c1cc(C=O)ccc1O)N1CCNCC1. The van der Waals surface area contributed by atoms with E-state index >= 15 is 0 Å². The number of aldehydes is 1.